The minimum Gasteiger partial charge on any atom is -0.494 e. The van der Waals surface area contributed by atoms with E-state index in [1.807, 2.05) is 38.1 Å². The Kier molecular flexibility index (Phi) is 9.14. The van der Waals surface area contributed by atoms with Gasteiger partial charge in [0.25, 0.3) is 11.5 Å². The van der Waals surface area contributed by atoms with Crippen molar-refractivity contribution in [3.63, 3.8) is 0 Å². The standard InChI is InChI=1S/C35H33FN4O4/c1-5-43-32-17-23(4)28(19-27(32)22(2)3)34-39-30-15-8-6-13-26(30)35(42)40(34)37-20-24-11-10-12-25(18-24)44-21-33(41)38-31-16-9-7-14-29(31)36/h6-20,22H,5,21H2,1-4H3,(H,38,41). The predicted molar refractivity (Wildman–Crippen MR) is 171 cm³/mol. The Morgan fingerprint density at radius 1 is 1.02 bits per heavy atom. The van der Waals surface area contributed by atoms with Gasteiger partial charge in [-0.15, -0.1) is 0 Å². The average molecular weight is 593 g/mol. The molecule has 0 spiro atoms. The highest BCUT2D eigenvalue weighted by atomic mass is 19.1. The zero-order valence-electron chi connectivity index (χ0n) is 25.0. The van der Waals surface area contributed by atoms with Crippen LogP contribution in [-0.4, -0.2) is 35.0 Å². The van der Waals surface area contributed by atoms with Crippen LogP contribution in [-0.2, 0) is 4.79 Å². The van der Waals surface area contributed by atoms with Gasteiger partial charge in [0.2, 0.25) is 0 Å². The molecule has 1 amide bonds. The van der Waals surface area contributed by atoms with Crippen LogP contribution in [0.5, 0.6) is 11.5 Å². The van der Waals surface area contributed by atoms with E-state index in [0.29, 0.717) is 34.6 Å². The van der Waals surface area contributed by atoms with Gasteiger partial charge in [0, 0.05) is 5.56 Å². The Hall–Kier alpha value is -5.31. The number of halogens is 1. The molecule has 44 heavy (non-hydrogen) atoms. The van der Waals surface area contributed by atoms with Crippen LogP contribution in [0.4, 0.5) is 10.1 Å². The molecule has 0 saturated heterocycles. The molecule has 1 aromatic heterocycles. The van der Waals surface area contributed by atoms with Crippen LogP contribution in [0.3, 0.4) is 0 Å². The molecule has 0 aliphatic rings. The number of carbonyl (C=O) groups is 1. The molecular weight excluding hydrogens is 559 g/mol. The lowest BCUT2D eigenvalue weighted by atomic mass is 9.96. The maximum Gasteiger partial charge on any atom is 0.282 e. The van der Waals surface area contributed by atoms with Gasteiger partial charge in [-0.25, -0.2) is 9.37 Å². The summed E-state index contributed by atoms with van der Waals surface area (Å²) < 4.78 is 26.7. The lowest BCUT2D eigenvalue weighted by Crippen LogP contribution is -2.21. The van der Waals surface area contributed by atoms with E-state index >= 15 is 0 Å². The molecule has 8 nitrogen and oxygen atoms in total. The number of hydrogen-bond donors (Lipinski definition) is 1. The molecule has 0 fully saturated rings. The number of fused-ring (bicyclic) bond motifs is 1. The van der Waals surface area contributed by atoms with E-state index in [0.717, 1.165) is 22.4 Å². The van der Waals surface area contributed by atoms with Crippen molar-refractivity contribution in [2.45, 2.75) is 33.6 Å². The van der Waals surface area contributed by atoms with Gasteiger partial charge in [-0.3, -0.25) is 9.59 Å². The molecule has 5 rings (SSSR count). The summed E-state index contributed by atoms with van der Waals surface area (Å²) in [6.45, 7) is 8.32. The third-order valence-corrected chi connectivity index (χ3v) is 6.97. The summed E-state index contributed by atoms with van der Waals surface area (Å²) in [6.07, 6.45) is 1.54. The van der Waals surface area contributed by atoms with E-state index in [2.05, 4.69) is 24.3 Å². The molecule has 1 N–H and O–H groups in total. The van der Waals surface area contributed by atoms with Crippen LogP contribution in [0, 0.1) is 12.7 Å². The van der Waals surface area contributed by atoms with E-state index < -0.39 is 11.7 Å². The number of hydrogen-bond acceptors (Lipinski definition) is 6. The first-order chi connectivity index (χ1) is 21.2. The van der Waals surface area contributed by atoms with Gasteiger partial charge in [-0.05, 0) is 85.0 Å². The van der Waals surface area contributed by atoms with E-state index in [1.165, 1.54) is 16.8 Å². The van der Waals surface area contributed by atoms with Crippen LogP contribution < -0.4 is 20.3 Å². The van der Waals surface area contributed by atoms with Crippen molar-refractivity contribution >= 4 is 28.7 Å². The minimum atomic E-state index is -0.530. The molecule has 0 bridgehead atoms. The molecule has 0 atom stereocenters. The first-order valence-corrected chi connectivity index (χ1v) is 14.4. The number of aromatic nitrogens is 2. The quantitative estimate of drug-likeness (QED) is 0.178. The highest BCUT2D eigenvalue weighted by Gasteiger charge is 2.18. The topological polar surface area (TPSA) is 94.8 Å². The molecular formula is C35H33FN4O4. The van der Waals surface area contributed by atoms with E-state index in [4.69, 9.17) is 14.5 Å². The Morgan fingerprint density at radius 3 is 2.57 bits per heavy atom. The minimum absolute atomic E-state index is 0.0792. The zero-order chi connectivity index (χ0) is 31.2. The SMILES string of the molecule is CCOc1cc(C)c(-c2nc3ccccc3c(=O)n2N=Cc2cccc(OCC(=O)Nc3ccccc3F)c2)cc1C(C)C. The molecule has 5 aromatic rings. The van der Waals surface area contributed by atoms with Crippen LogP contribution in [0.1, 0.15) is 43.4 Å². The van der Waals surface area contributed by atoms with Crippen molar-refractivity contribution in [1.29, 1.82) is 0 Å². The smallest absolute Gasteiger partial charge is 0.282 e. The number of nitrogens with zero attached hydrogens (tertiary/aromatic N) is 3. The lowest BCUT2D eigenvalue weighted by Gasteiger charge is -2.18. The molecule has 1 heterocycles. The normalized spacial score (nSPS) is 11.3. The molecule has 9 heteroatoms. The fourth-order valence-electron chi connectivity index (χ4n) is 4.78. The number of nitrogens with one attached hydrogen (secondary N) is 1. The lowest BCUT2D eigenvalue weighted by molar-refractivity contribution is -0.118. The second-order valence-electron chi connectivity index (χ2n) is 10.5. The van der Waals surface area contributed by atoms with Crippen LogP contribution in [0.15, 0.2) is 94.8 Å². The molecule has 4 aromatic carbocycles. The van der Waals surface area contributed by atoms with Gasteiger partial charge in [-0.2, -0.15) is 9.78 Å². The van der Waals surface area contributed by atoms with Crippen molar-refractivity contribution < 1.29 is 18.7 Å². The Morgan fingerprint density at radius 2 is 1.80 bits per heavy atom. The fraction of sp³-hybridized carbons (Fsp3) is 0.200. The third kappa shape index (κ3) is 6.67. The Bertz CT molecular complexity index is 1920. The van der Waals surface area contributed by atoms with Crippen molar-refractivity contribution in [3.05, 3.63) is 118 Å². The van der Waals surface area contributed by atoms with Crippen LogP contribution in [0.25, 0.3) is 22.3 Å². The molecule has 0 saturated carbocycles. The van der Waals surface area contributed by atoms with Gasteiger partial charge in [0.15, 0.2) is 12.4 Å². The number of benzene rings is 4. The van der Waals surface area contributed by atoms with Gasteiger partial charge >= 0.3 is 0 Å². The highest BCUT2D eigenvalue weighted by Crippen LogP contribution is 2.34. The van der Waals surface area contributed by atoms with Gasteiger partial charge < -0.3 is 14.8 Å². The Balaban J connectivity index is 1.47. The summed E-state index contributed by atoms with van der Waals surface area (Å²) in [6, 6.07) is 24.0. The molecule has 224 valence electrons. The van der Waals surface area contributed by atoms with E-state index in [9.17, 15) is 14.0 Å². The second kappa shape index (κ2) is 13.3. The average Bonchev–Trinajstić information content (AvgIpc) is 3.01. The summed E-state index contributed by atoms with van der Waals surface area (Å²) in [5, 5.41) is 7.52. The highest BCUT2D eigenvalue weighted by molar-refractivity contribution is 5.92. The predicted octanol–water partition coefficient (Wildman–Crippen LogP) is 6.93. The molecule has 0 radical (unpaired) electrons. The number of amides is 1. The summed E-state index contributed by atoms with van der Waals surface area (Å²) in [7, 11) is 0. The first kappa shape index (κ1) is 30.2. The summed E-state index contributed by atoms with van der Waals surface area (Å²) in [4.78, 5) is 30.9. The largest absolute Gasteiger partial charge is 0.494 e. The van der Waals surface area contributed by atoms with Crippen molar-refractivity contribution in [3.8, 4) is 22.9 Å². The zero-order valence-corrected chi connectivity index (χ0v) is 25.0. The maximum absolute atomic E-state index is 13.9. The van der Waals surface area contributed by atoms with Gasteiger partial charge in [0.05, 0.1) is 29.4 Å². The van der Waals surface area contributed by atoms with Gasteiger partial charge in [0.1, 0.15) is 17.3 Å². The third-order valence-electron chi connectivity index (χ3n) is 6.97. The summed E-state index contributed by atoms with van der Waals surface area (Å²) in [5.74, 6) is 0.769. The number of rotatable bonds is 10. The Labute approximate surface area is 254 Å². The van der Waals surface area contributed by atoms with E-state index in [-0.39, 0.29) is 23.8 Å². The molecule has 0 unspecified atom stereocenters. The van der Waals surface area contributed by atoms with Crippen molar-refractivity contribution in [2.24, 2.45) is 5.10 Å². The number of carbonyl (C=O) groups excluding carboxylic acids is 1. The number of anilines is 1. The van der Waals surface area contributed by atoms with Crippen molar-refractivity contribution in [2.75, 3.05) is 18.5 Å². The van der Waals surface area contributed by atoms with Crippen LogP contribution >= 0.6 is 0 Å². The first-order valence-electron chi connectivity index (χ1n) is 14.4. The second-order valence-corrected chi connectivity index (χ2v) is 10.5. The number of aryl methyl sites for hydroxylation is 1. The summed E-state index contributed by atoms with van der Waals surface area (Å²) in [5.41, 5.74) is 3.66. The van der Waals surface area contributed by atoms with Crippen LogP contribution in [0.2, 0.25) is 0 Å². The molecule has 0 aliphatic carbocycles. The number of para-hydroxylation sites is 2. The maximum atomic E-state index is 13.9. The van der Waals surface area contributed by atoms with Gasteiger partial charge in [-0.1, -0.05) is 50.2 Å². The van der Waals surface area contributed by atoms with Crippen molar-refractivity contribution in [1.82, 2.24) is 9.66 Å². The number of ether oxygens (including phenoxy) is 2. The fourth-order valence-corrected chi connectivity index (χ4v) is 4.78. The monoisotopic (exact) mass is 592 g/mol. The van der Waals surface area contributed by atoms with E-state index in [1.54, 1.807) is 54.7 Å². The molecule has 0 aliphatic heterocycles. The summed E-state index contributed by atoms with van der Waals surface area (Å²) >= 11 is 0.